The molecule has 2 amide bonds. The average Bonchev–Trinajstić information content (AvgIpc) is 3.15. The van der Waals surface area contributed by atoms with Crippen molar-refractivity contribution in [2.45, 2.75) is 44.7 Å². The number of anilines is 1. The Hall–Kier alpha value is -3.22. The minimum atomic E-state index is -0.343. The fraction of sp³-hybridized carbons (Fsp3) is 0.417. The van der Waals surface area contributed by atoms with E-state index in [1.807, 2.05) is 17.0 Å². The molecule has 2 aromatic rings. The van der Waals surface area contributed by atoms with E-state index in [4.69, 9.17) is 14.2 Å². The van der Waals surface area contributed by atoms with Crippen molar-refractivity contribution in [3.8, 4) is 17.2 Å². The molecule has 0 spiro atoms. The van der Waals surface area contributed by atoms with E-state index in [1.165, 1.54) is 27.8 Å². The molecule has 1 aliphatic heterocycles. The van der Waals surface area contributed by atoms with E-state index in [0.717, 1.165) is 31.2 Å². The Morgan fingerprint density at radius 1 is 1.00 bits per heavy atom. The molecule has 4 rings (SSSR count). The molecule has 0 aromatic heterocycles. The monoisotopic (exact) mass is 424 g/mol. The topological polar surface area (TPSA) is 77.1 Å². The Morgan fingerprint density at radius 2 is 1.68 bits per heavy atom. The van der Waals surface area contributed by atoms with Crippen LogP contribution in [0.5, 0.6) is 17.2 Å². The Balaban J connectivity index is 1.61. The van der Waals surface area contributed by atoms with Crippen molar-refractivity contribution in [1.29, 1.82) is 0 Å². The van der Waals surface area contributed by atoms with Gasteiger partial charge in [-0.25, -0.2) is 0 Å². The van der Waals surface area contributed by atoms with Crippen LogP contribution in [0, 0.1) is 0 Å². The zero-order valence-electron chi connectivity index (χ0n) is 18.2. The molecular formula is C24H28N2O5. The largest absolute Gasteiger partial charge is 0.493 e. The molecule has 0 radical (unpaired) electrons. The highest BCUT2D eigenvalue weighted by molar-refractivity contribution is 6.14. The van der Waals surface area contributed by atoms with Gasteiger partial charge in [-0.2, -0.15) is 0 Å². The first-order valence-electron chi connectivity index (χ1n) is 10.6. The predicted octanol–water partition coefficient (Wildman–Crippen LogP) is 4.25. The predicted molar refractivity (Wildman–Crippen MR) is 117 cm³/mol. The number of fused-ring (bicyclic) bond motifs is 1. The SMILES string of the molecule is COc1cc(NC(=O)c2cccc3c2C(=O)N(C2CCCCC2)C3)cc(OC)c1OC. The maximum Gasteiger partial charge on any atom is 0.256 e. The van der Waals surface area contributed by atoms with Gasteiger partial charge >= 0.3 is 0 Å². The number of rotatable bonds is 6. The minimum Gasteiger partial charge on any atom is -0.493 e. The molecule has 2 aliphatic rings. The molecule has 1 N–H and O–H groups in total. The van der Waals surface area contributed by atoms with E-state index in [-0.39, 0.29) is 17.9 Å². The standard InChI is InChI=1S/C24H28N2O5/c1-29-19-12-16(13-20(30-2)22(19)31-3)25-23(27)18-11-7-8-15-14-26(24(28)21(15)18)17-9-5-4-6-10-17/h7-8,11-13,17H,4-6,9-10,14H2,1-3H3,(H,25,27). The number of nitrogens with zero attached hydrogens (tertiary/aromatic N) is 1. The summed E-state index contributed by atoms with van der Waals surface area (Å²) >= 11 is 0. The highest BCUT2D eigenvalue weighted by Gasteiger charge is 2.36. The van der Waals surface area contributed by atoms with Crippen molar-refractivity contribution in [3.05, 3.63) is 47.0 Å². The molecule has 7 nitrogen and oxygen atoms in total. The molecule has 1 fully saturated rings. The number of amides is 2. The Kier molecular flexibility index (Phi) is 6.02. The van der Waals surface area contributed by atoms with Crippen LogP contribution in [-0.4, -0.2) is 44.1 Å². The van der Waals surface area contributed by atoms with Crippen LogP contribution in [0.2, 0.25) is 0 Å². The third-order valence-corrected chi connectivity index (χ3v) is 6.15. The molecular weight excluding hydrogens is 396 g/mol. The number of carbonyl (C=O) groups excluding carboxylic acids is 2. The highest BCUT2D eigenvalue weighted by atomic mass is 16.5. The Bertz CT molecular complexity index is 972. The van der Waals surface area contributed by atoms with Gasteiger partial charge in [0, 0.05) is 30.4 Å². The molecule has 0 saturated heterocycles. The van der Waals surface area contributed by atoms with Crippen molar-refractivity contribution in [2.24, 2.45) is 0 Å². The number of nitrogens with one attached hydrogen (secondary N) is 1. The lowest BCUT2D eigenvalue weighted by Gasteiger charge is -2.30. The van der Waals surface area contributed by atoms with Gasteiger partial charge < -0.3 is 24.4 Å². The van der Waals surface area contributed by atoms with Gasteiger partial charge in [-0.05, 0) is 24.5 Å². The third-order valence-electron chi connectivity index (χ3n) is 6.15. The van der Waals surface area contributed by atoms with Crippen molar-refractivity contribution >= 4 is 17.5 Å². The van der Waals surface area contributed by atoms with Crippen LogP contribution in [0.1, 0.15) is 58.4 Å². The second-order valence-corrected chi connectivity index (χ2v) is 7.93. The van der Waals surface area contributed by atoms with E-state index in [2.05, 4.69) is 5.32 Å². The normalized spacial score (nSPS) is 16.1. The molecule has 31 heavy (non-hydrogen) atoms. The Morgan fingerprint density at radius 3 is 2.29 bits per heavy atom. The third kappa shape index (κ3) is 3.92. The first kappa shape index (κ1) is 21.0. The van der Waals surface area contributed by atoms with Crippen LogP contribution in [0.25, 0.3) is 0 Å². The van der Waals surface area contributed by atoms with Gasteiger partial charge in [0.25, 0.3) is 11.8 Å². The van der Waals surface area contributed by atoms with Gasteiger partial charge in [-0.1, -0.05) is 31.4 Å². The summed E-state index contributed by atoms with van der Waals surface area (Å²) in [5, 5.41) is 2.88. The summed E-state index contributed by atoms with van der Waals surface area (Å²) in [6.45, 7) is 0.574. The number of hydrogen-bond donors (Lipinski definition) is 1. The van der Waals surface area contributed by atoms with Crippen LogP contribution in [0.15, 0.2) is 30.3 Å². The fourth-order valence-corrected chi connectivity index (χ4v) is 4.61. The van der Waals surface area contributed by atoms with Crippen LogP contribution in [-0.2, 0) is 6.54 Å². The lowest BCUT2D eigenvalue weighted by molar-refractivity contribution is 0.0657. The zero-order valence-corrected chi connectivity index (χ0v) is 18.2. The second kappa shape index (κ2) is 8.88. The Labute approximate surface area is 182 Å². The summed E-state index contributed by atoms with van der Waals surface area (Å²) in [5.41, 5.74) is 2.30. The molecule has 7 heteroatoms. The lowest BCUT2D eigenvalue weighted by Crippen LogP contribution is -2.37. The maximum atomic E-state index is 13.2. The second-order valence-electron chi connectivity index (χ2n) is 7.93. The smallest absolute Gasteiger partial charge is 0.256 e. The van der Waals surface area contributed by atoms with Gasteiger partial charge in [0.15, 0.2) is 11.5 Å². The van der Waals surface area contributed by atoms with Crippen LogP contribution < -0.4 is 19.5 Å². The molecule has 1 aliphatic carbocycles. The molecule has 1 heterocycles. The summed E-state index contributed by atoms with van der Waals surface area (Å²) in [6.07, 6.45) is 5.60. The van der Waals surface area contributed by atoms with E-state index in [1.54, 1.807) is 18.2 Å². The summed E-state index contributed by atoms with van der Waals surface area (Å²) in [7, 11) is 4.56. The van der Waals surface area contributed by atoms with Gasteiger partial charge in [-0.15, -0.1) is 0 Å². The van der Waals surface area contributed by atoms with Gasteiger partial charge in [0.1, 0.15) is 0 Å². The summed E-state index contributed by atoms with van der Waals surface area (Å²) < 4.78 is 16.1. The van der Waals surface area contributed by atoms with Crippen molar-refractivity contribution < 1.29 is 23.8 Å². The van der Waals surface area contributed by atoms with E-state index in [9.17, 15) is 9.59 Å². The first-order chi connectivity index (χ1) is 15.1. The molecule has 2 aromatic carbocycles. The lowest BCUT2D eigenvalue weighted by atomic mass is 9.94. The van der Waals surface area contributed by atoms with Gasteiger partial charge in [0.05, 0.1) is 32.5 Å². The number of hydrogen-bond acceptors (Lipinski definition) is 5. The number of ether oxygens (including phenoxy) is 3. The van der Waals surface area contributed by atoms with Crippen molar-refractivity contribution in [3.63, 3.8) is 0 Å². The molecule has 0 unspecified atom stereocenters. The molecule has 1 saturated carbocycles. The van der Waals surface area contributed by atoms with Gasteiger partial charge in [0.2, 0.25) is 5.75 Å². The van der Waals surface area contributed by atoms with Crippen LogP contribution in [0.3, 0.4) is 0 Å². The number of benzene rings is 2. The number of carbonyl (C=O) groups is 2. The molecule has 0 atom stereocenters. The fourth-order valence-electron chi connectivity index (χ4n) is 4.61. The van der Waals surface area contributed by atoms with Crippen molar-refractivity contribution in [2.75, 3.05) is 26.6 Å². The molecule has 0 bridgehead atoms. The summed E-state index contributed by atoms with van der Waals surface area (Å²) in [6, 6.07) is 9.07. The average molecular weight is 424 g/mol. The highest BCUT2D eigenvalue weighted by Crippen LogP contribution is 2.40. The molecule has 164 valence electrons. The van der Waals surface area contributed by atoms with Crippen LogP contribution in [0.4, 0.5) is 5.69 Å². The van der Waals surface area contributed by atoms with Crippen molar-refractivity contribution in [1.82, 2.24) is 4.90 Å². The van der Waals surface area contributed by atoms with E-state index in [0.29, 0.717) is 40.6 Å². The first-order valence-corrected chi connectivity index (χ1v) is 10.6. The quantitative estimate of drug-likeness (QED) is 0.750. The van der Waals surface area contributed by atoms with E-state index >= 15 is 0 Å². The van der Waals surface area contributed by atoms with Crippen LogP contribution >= 0.6 is 0 Å². The number of methoxy groups -OCH3 is 3. The summed E-state index contributed by atoms with van der Waals surface area (Å²) in [4.78, 5) is 28.4. The maximum absolute atomic E-state index is 13.2. The summed E-state index contributed by atoms with van der Waals surface area (Å²) in [5.74, 6) is 0.939. The minimum absolute atomic E-state index is 0.0439. The zero-order chi connectivity index (χ0) is 22.0. The van der Waals surface area contributed by atoms with E-state index < -0.39 is 0 Å². The van der Waals surface area contributed by atoms with Gasteiger partial charge in [-0.3, -0.25) is 9.59 Å².